The first-order valence-corrected chi connectivity index (χ1v) is 5.03. The second kappa shape index (κ2) is 6.26. The van der Waals surface area contributed by atoms with E-state index in [4.69, 9.17) is 10.5 Å². The number of nitrogens with one attached hydrogen (secondary N) is 1. The first-order valence-electron chi connectivity index (χ1n) is 5.03. The Kier molecular flexibility index (Phi) is 4.68. The SMILES string of the molecule is CN(C)Cc1ccc(NN=C(C#N)C#N)cc1. The number of nitriles is 2. The maximum absolute atomic E-state index is 8.50. The lowest BCUT2D eigenvalue weighted by Gasteiger charge is -2.09. The van der Waals surface area contributed by atoms with Gasteiger partial charge in [0.2, 0.25) is 5.71 Å². The predicted octanol–water partition coefficient (Wildman–Crippen LogP) is 1.56. The highest BCUT2D eigenvalue weighted by atomic mass is 15.3. The van der Waals surface area contributed by atoms with Crippen molar-refractivity contribution >= 4 is 11.4 Å². The van der Waals surface area contributed by atoms with Crippen LogP contribution in [0.2, 0.25) is 0 Å². The average molecular weight is 227 g/mol. The van der Waals surface area contributed by atoms with Gasteiger partial charge in [0.05, 0.1) is 5.69 Å². The Morgan fingerprint density at radius 1 is 1.24 bits per heavy atom. The lowest BCUT2D eigenvalue weighted by molar-refractivity contribution is 0.402. The van der Waals surface area contributed by atoms with E-state index >= 15 is 0 Å². The van der Waals surface area contributed by atoms with Crippen molar-refractivity contribution in [2.45, 2.75) is 6.54 Å². The van der Waals surface area contributed by atoms with Crippen LogP contribution in [0.1, 0.15) is 5.56 Å². The summed E-state index contributed by atoms with van der Waals surface area (Å²) in [6.07, 6.45) is 0. The van der Waals surface area contributed by atoms with E-state index in [1.165, 1.54) is 5.56 Å². The number of anilines is 1. The van der Waals surface area contributed by atoms with Gasteiger partial charge in [-0.1, -0.05) is 12.1 Å². The van der Waals surface area contributed by atoms with Crippen LogP contribution in [0.4, 0.5) is 5.69 Å². The normalized spacial score (nSPS) is 9.24. The van der Waals surface area contributed by atoms with E-state index in [1.807, 2.05) is 38.4 Å². The first kappa shape index (κ1) is 12.7. The Balaban J connectivity index is 2.67. The molecule has 1 rings (SSSR count). The van der Waals surface area contributed by atoms with Gasteiger partial charge in [0, 0.05) is 6.54 Å². The third-order valence-electron chi connectivity index (χ3n) is 1.96. The molecule has 0 radical (unpaired) electrons. The minimum Gasteiger partial charge on any atom is -0.305 e. The van der Waals surface area contributed by atoms with Crippen LogP contribution in [-0.2, 0) is 6.54 Å². The van der Waals surface area contributed by atoms with E-state index < -0.39 is 0 Å². The molecule has 0 atom stereocenters. The Bertz CT molecular complexity index is 457. The van der Waals surface area contributed by atoms with Gasteiger partial charge in [-0.05, 0) is 31.8 Å². The molecule has 1 aromatic carbocycles. The molecule has 0 bridgehead atoms. The molecule has 0 aromatic heterocycles. The number of rotatable bonds is 4. The van der Waals surface area contributed by atoms with Crippen LogP contribution in [-0.4, -0.2) is 24.7 Å². The molecule has 17 heavy (non-hydrogen) atoms. The Morgan fingerprint density at radius 2 is 1.82 bits per heavy atom. The zero-order chi connectivity index (χ0) is 12.7. The van der Waals surface area contributed by atoms with E-state index in [0.717, 1.165) is 12.2 Å². The van der Waals surface area contributed by atoms with Gasteiger partial charge in [-0.25, -0.2) is 0 Å². The van der Waals surface area contributed by atoms with Crippen molar-refractivity contribution < 1.29 is 0 Å². The first-order chi connectivity index (χ1) is 8.15. The lowest BCUT2D eigenvalue weighted by Crippen LogP contribution is -2.10. The van der Waals surface area contributed by atoms with E-state index in [0.29, 0.717) is 0 Å². The molecular weight excluding hydrogens is 214 g/mol. The standard InChI is InChI=1S/C12H13N5/c1-17(2)9-10-3-5-11(6-4-10)15-16-12(7-13)8-14/h3-6,15H,9H2,1-2H3. The second-order valence-electron chi connectivity index (χ2n) is 3.73. The predicted molar refractivity (Wildman–Crippen MR) is 66.1 cm³/mol. The molecule has 0 aliphatic rings. The molecular formula is C12H13N5. The van der Waals surface area contributed by atoms with Gasteiger partial charge in [0.25, 0.3) is 0 Å². The number of nitrogens with zero attached hydrogens (tertiary/aromatic N) is 4. The third kappa shape index (κ3) is 4.33. The molecule has 0 heterocycles. The summed E-state index contributed by atoms with van der Waals surface area (Å²) in [6.45, 7) is 0.866. The maximum Gasteiger partial charge on any atom is 0.237 e. The van der Waals surface area contributed by atoms with Gasteiger partial charge in [-0.15, -0.1) is 0 Å². The molecule has 0 spiro atoms. The molecule has 86 valence electrons. The Hall–Kier alpha value is -2.37. The Morgan fingerprint density at radius 3 is 2.29 bits per heavy atom. The van der Waals surface area contributed by atoms with Crippen LogP contribution in [0.25, 0.3) is 0 Å². The van der Waals surface area contributed by atoms with Crippen molar-refractivity contribution in [2.24, 2.45) is 5.10 Å². The number of hydrazone groups is 1. The van der Waals surface area contributed by atoms with Crippen LogP contribution in [0.3, 0.4) is 0 Å². The second-order valence-corrected chi connectivity index (χ2v) is 3.73. The smallest absolute Gasteiger partial charge is 0.237 e. The molecule has 5 nitrogen and oxygen atoms in total. The molecule has 0 saturated heterocycles. The average Bonchev–Trinajstić information content (AvgIpc) is 2.32. The van der Waals surface area contributed by atoms with Crippen LogP contribution in [0, 0.1) is 22.7 Å². The van der Waals surface area contributed by atoms with Crippen molar-refractivity contribution in [1.29, 1.82) is 10.5 Å². The molecule has 0 amide bonds. The number of benzene rings is 1. The van der Waals surface area contributed by atoms with E-state index in [-0.39, 0.29) is 5.71 Å². The highest BCUT2D eigenvalue weighted by molar-refractivity contribution is 6.10. The molecule has 0 fully saturated rings. The molecule has 1 N–H and O–H groups in total. The van der Waals surface area contributed by atoms with Gasteiger partial charge < -0.3 is 4.90 Å². The van der Waals surface area contributed by atoms with Gasteiger partial charge in [-0.3, -0.25) is 5.43 Å². The van der Waals surface area contributed by atoms with E-state index in [2.05, 4.69) is 15.4 Å². The van der Waals surface area contributed by atoms with Crippen LogP contribution in [0.5, 0.6) is 0 Å². The number of hydrogen-bond acceptors (Lipinski definition) is 5. The van der Waals surface area contributed by atoms with Crippen molar-refractivity contribution in [2.75, 3.05) is 19.5 Å². The van der Waals surface area contributed by atoms with Crippen molar-refractivity contribution in [3.63, 3.8) is 0 Å². The molecule has 0 saturated carbocycles. The van der Waals surface area contributed by atoms with Gasteiger partial charge in [0.1, 0.15) is 12.1 Å². The zero-order valence-corrected chi connectivity index (χ0v) is 9.81. The number of hydrogen-bond donors (Lipinski definition) is 1. The van der Waals surface area contributed by atoms with Crippen molar-refractivity contribution in [1.82, 2.24) is 4.90 Å². The van der Waals surface area contributed by atoms with Gasteiger partial charge in [0.15, 0.2) is 0 Å². The Labute approximate surface area is 101 Å². The minimum absolute atomic E-state index is 0.192. The van der Waals surface area contributed by atoms with Crippen LogP contribution < -0.4 is 5.43 Å². The zero-order valence-electron chi connectivity index (χ0n) is 9.81. The molecule has 0 aliphatic carbocycles. The minimum atomic E-state index is -0.192. The van der Waals surface area contributed by atoms with Crippen LogP contribution >= 0.6 is 0 Å². The summed E-state index contributed by atoms with van der Waals surface area (Å²) in [5, 5.41) is 20.7. The quantitative estimate of drug-likeness (QED) is 0.625. The maximum atomic E-state index is 8.50. The molecule has 0 unspecified atom stereocenters. The van der Waals surface area contributed by atoms with E-state index in [1.54, 1.807) is 12.1 Å². The largest absolute Gasteiger partial charge is 0.305 e. The summed E-state index contributed by atoms with van der Waals surface area (Å²) in [4.78, 5) is 2.07. The van der Waals surface area contributed by atoms with Crippen molar-refractivity contribution in [3.05, 3.63) is 29.8 Å². The fourth-order valence-electron chi connectivity index (χ4n) is 1.25. The third-order valence-corrected chi connectivity index (χ3v) is 1.96. The molecule has 5 heteroatoms. The highest BCUT2D eigenvalue weighted by Crippen LogP contribution is 2.10. The van der Waals surface area contributed by atoms with Gasteiger partial charge >= 0.3 is 0 Å². The fraction of sp³-hybridized carbons (Fsp3) is 0.250. The summed E-state index contributed by atoms with van der Waals surface area (Å²) >= 11 is 0. The molecule has 1 aromatic rings. The summed E-state index contributed by atoms with van der Waals surface area (Å²) in [6, 6.07) is 11.0. The highest BCUT2D eigenvalue weighted by Gasteiger charge is 1.97. The lowest BCUT2D eigenvalue weighted by atomic mass is 10.2. The topological polar surface area (TPSA) is 75.2 Å². The van der Waals surface area contributed by atoms with Gasteiger partial charge in [-0.2, -0.15) is 15.6 Å². The monoisotopic (exact) mass is 227 g/mol. The summed E-state index contributed by atoms with van der Waals surface area (Å²) in [5.41, 5.74) is 4.40. The van der Waals surface area contributed by atoms with Crippen LogP contribution in [0.15, 0.2) is 29.4 Å². The summed E-state index contributed by atoms with van der Waals surface area (Å²) < 4.78 is 0. The van der Waals surface area contributed by atoms with E-state index in [9.17, 15) is 0 Å². The molecule has 0 aliphatic heterocycles. The summed E-state index contributed by atoms with van der Waals surface area (Å²) in [5.74, 6) is 0. The summed E-state index contributed by atoms with van der Waals surface area (Å²) in [7, 11) is 4.01. The fourth-order valence-corrected chi connectivity index (χ4v) is 1.25. The van der Waals surface area contributed by atoms with Crippen molar-refractivity contribution in [3.8, 4) is 12.1 Å².